The largest absolute Gasteiger partial charge is 0.387 e. The van der Waals surface area contributed by atoms with E-state index in [0.29, 0.717) is 6.61 Å². The minimum absolute atomic E-state index is 0.322. The van der Waals surface area contributed by atoms with Gasteiger partial charge in [-0.3, -0.25) is 0 Å². The lowest BCUT2D eigenvalue weighted by molar-refractivity contribution is -0.349. The SMILES string of the molecule is CO[C@H]1O[C@@H]2CO[C@H]1[C@@H](O)[C@@H]2O. The fourth-order valence-corrected chi connectivity index (χ4v) is 1.62. The van der Waals surface area contributed by atoms with Gasteiger partial charge in [0.15, 0.2) is 6.29 Å². The van der Waals surface area contributed by atoms with Crippen LogP contribution in [0.25, 0.3) is 0 Å². The molecule has 2 bridgehead atoms. The van der Waals surface area contributed by atoms with Crippen LogP contribution in [-0.2, 0) is 14.2 Å². The van der Waals surface area contributed by atoms with E-state index < -0.39 is 30.7 Å². The summed E-state index contributed by atoms with van der Waals surface area (Å²) in [5.74, 6) is 0. The van der Waals surface area contributed by atoms with Crippen LogP contribution in [0.3, 0.4) is 0 Å². The molecule has 5 nitrogen and oxygen atoms in total. The molecular formula is C7H12O5. The van der Waals surface area contributed by atoms with Crippen molar-refractivity contribution in [3.8, 4) is 0 Å². The summed E-state index contributed by atoms with van der Waals surface area (Å²) in [6.45, 7) is 0.322. The van der Waals surface area contributed by atoms with E-state index in [2.05, 4.69) is 0 Å². The molecule has 3 aliphatic rings. The second-order valence-electron chi connectivity index (χ2n) is 3.06. The van der Waals surface area contributed by atoms with E-state index in [0.717, 1.165) is 0 Å². The van der Waals surface area contributed by atoms with Crippen LogP contribution < -0.4 is 0 Å². The lowest BCUT2D eigenvalue weighted by Crippen LogP contribution is -2.65. The maximum absolute atomic E-state index is 9.43. The molecule has 0 amide bonds. The van der Waals surface area contributed by atoms with Gasteiger partial charge >= 0.3 is 0 Å². The smallest absolute Gasteiger partial charge is 0.186 e. The van der Waals surface area contributed by atoms with Crippen LogP contribution in [0, 0.1) is 0 Å². The monoisotopic (exact) mass is 176 g/mol. The fraction of sp³-hybridized carbons (Fsp3) is 1.00. The summed E-state index contributed by atoms with van der Waals surface area (Å²) < 4.78 is 15.4. The zero-order valence-electron chi connectivity index (χ0n) is 6.71. The first-order valence-electron chi connectivity index (χ1n) is 3.90. The first kappa shape index (κ1) is 8.40. The number of rotatable bonds is 1. The van der Waals surface area contributed by atoms with Crippen LogP contribution in [0.5, 0.6) is 0 Å². The van der Waals surface area contributed by atoms with Crippen LogP contribution in [0.1, 0.15) is 0 Å². The quantitative estimate of drug-likeness (QED) is 0.507. The highest BCUT2D eigenvalue weighted by molar-refractivity contribution is 4.94. The van der Waals surface area contributed by atoms with Gasteiger partial charge in [-0.2, -0.15) is 0 Å². The Balaban J connectivity index is 2.12. The third kappa shape index (κ3) is 1.06. The summed E-state index contributed by atoms with van der Waals surface area (Å²) in [6.07, 6.45) is -3.33. The van der Waals surface area contributed by atoms with Crippen LogP contribution in [-0.4, -0.2) is 54.6 Å². The van der Waals surface area contributed by atoms with Crippen molar-refractivity contribution in [3.05, 3.63) is 0 Å². The molecule has 3 rings (SSSR count). The Morgan fingerprint density at radius 1 is 1.33 bits per heavy atom. The first-order valence-corrected chi connectivity index (χ1v) is 3.90. The van der Waals surface area contributed by atoms with Crippen molar-refractivity contribution in [3.63, 3.8) is 0 Å². The second kappa shape index (κ2) is 2.93. The van der Waals surface area contributed by atoms with Gasteiger partial charge in [-0.05, 0) is 0 Å². The molecule has 0 saturated carbocycles. The molecular weight excluding hydrogens is 164 g/mol. The van der Waals surface area contributed by atoms with Gasteiger partial charge in [0.05, 0.1) is 6.61 Å². The van der Waals surface area contributed by atoms with Crippen LogP contribution in [0.2, 0.25) is 0 Å². The zero-order chi connectivity index (χ0) is 8.72. The van der Waals surface area contributed by atoms with Crippen molar-refractivity contribution in [2.75, 3.05) is 13.7 Å². The third-order valence-corrected chi connectivity index (χ3v) is 2.33. The van der Waals surface area contributed by atoms with Crippen molar-refractivity contribution >= 4 is 0 Å². The Labute approximate surface area is 69.8 Å². The van der Waals surface area contributed by atoms with Gasteiger partial charge in [-0.1, -0.05) is 0 Å². The van der Waals surface area contributed by atoms with E-state index in [1.807, 2.05) is 0 Å². The van der Waals surface area contributed by atoms with E-state index in [9.17, 15) is 10.2 Å². The molecule has 3 saturated heterocycles. The highest BCUT2D eigenvalue weighted by atomic mass is 16.7. The zero-order valence-corrected chi connectivity index (χ0v) is 6.71. The first-order chi connectivity index (χ1) is 5.74. The van der Waals surface area contributed by atoms with Gasteiger partial charge in [0.2, 0.25) is 0 Å². The van der Waals surface area contributed by atoms with Crippen LogP contribution >= 0.6 is 0 Å². The molecule has 0 aliphatic carbocycles. The van der Waals surface area contributed by atoms with E-state index >= 15 is 0 Å². The number of aliphatic hydroxyl groups excluding tert-OH is 2. The van der Waals surface area contributed by atoms with Gasteiger partial charge < -0.3 is 24.4 Å². The summed E-state index contributed by atoms with van der Waals surface area (Å²) in [5.41, 5.74) is 0. The van der Waals surface area contributed by atoms with Gasteiger partial charge in [0.25, 0.3) is 0 Å². The second-order valence-corrected chi connectivity index (χ2v) is 3.06. The Hall–Kier alpha value is -0.200. The Morgan fingerprint density at radius 2 is 2.08 bits per heavy atom. The van der Waals surface area contributed by atoms with Gasteiger partial charge in [-0.15, -0.1) is 0 Å². The van der Waals surface area contributed by atoms with E-state index in [-0.39, 0.29) is 0 Å². The normalized spacial score (nSPS) is 52.8. The molecule has 2 N–H and O–H groups in total. The molecule has 0 radical (unpaired) electrons. The topological polar surface area (TPSA) is 68.2 Å². The van der Waals surface area contributed by atoms with Gasteiger partial charge in [0, 0.05) is 7.11 Å². The number of hydrogen-bond donors (Lipinski definition) is 2. The number of hydrogen-bond acceptors (Lipinski definition) is 5. The summed E-state index contributed by atoms with van der Waals surface area (Å²) in [4.78, 5) is 0. The molecule has 5 atom stereocenters. The average molecular weight is 176 g/mol. The van der Waals surface area contributed by atoms with Crippen molar-refractivity contribution in [2.45, 2.75) is 30.7 Å². The Bertz CT molecular complexity index is 169. The summed E-state index contributed by atoms with van der Waals surface area (Å²) >= 11 is 0. The Kier molecular flexibility index (Phi) is 2.05. The van der Waals surface area contributed by atoms with E-state index in [1.54, 1.807) is 0 Å². The molecule has 70 valence electrons. The molecule has 3 fully saturated rings. The third-order valence-electron chi connectivity index (χ3n) is 2.33. The standard InChI is InChI=1S/C7H12O5/c1-10-7-6-5(9)4(8)3(12-7)2-11-6/h3-9H,2H2,1H3/t3-,4-,5+,6+,7+/m1/s1. The van der Waals surface area contributed by atoms with Gasteiger partial charge in [0.1, 0.15) is 24.4 Å². The molecule has 5 heteroatoms. The number of aliphatic hydroxyl groups is 2. The molecule has 0 aromatic rings. The van der Waals surface area contributed by atoms with Crippen molar-refractivity contribution < 1.29 is 24.4 Å². The number of ether oxygens (including phenoxy) is 3. The lowest BCUT2D eigenvalue weighted by Gasteiger charge is -2.46. The minimum Gasteiger partial charge on any atom is -0.387 e. The lowest BCUT2D eigenvalue weighted by atomic mass is 9.96. The highest BCUT2D eigenvalue weighted by Crippen LogP contribution is 2.29. The molecule has 3 aliphatic heterocycles. The summed E-state index contributed by atoms with van der Waals surface area (Å²) in [5, 5.41) is 18.8. The van der Waals surface area contributed by atoms with E-state index in [1.165, 1.54) is 7.11 Å². The van der Waals surface area contributed by atoms with Gasteiger partial charge in [-0.25, -0.2) is 0 Å². The van der Waals surface area contributed by atoms with Crippen LogP contribution in [0.4, 0.5) is 0 Å². The number of methoxy groups -OCH3 is 1. The predicted octanol–water partition coefficient (Wildman–Crippen LogP) is -1.52. The predicted molar refractivity (Wildman–Crippen MR) is 37.4 cm³/mol. The minimum atomic E-state index is -0.901. The van der Waals surface area contributed by atoms with Crippen molar-refractivity contribution in [2.24, 2.45) is 0 Å². The van der Waals surface area contributed by atoms with Crippen molar-refractivity contribution in [1.29, 1.82) is 0 Å². The molecule has 0 aromatic heterocycles. The Morgan fingerprint density at radius 3 is 2.67 bits per heavy atom. The molecule has 0 aromatic carbocycles. The molecule has 12 heavy (non-hydrogen) atoms. The average Bonchev–Trinajstić information content (AvgIpc) is 2.12. The maximum atomic E-state index is 9.43. The summed E-state index contributed by atoms with van der Waals surface area (Å²) in [6, 6.07) is 0. The number of fused-ring (bicyclic) bond motifs is 3. The van der Waals surface area contributed by atoms with Crippen LogP contribution in [0.15, 0.2) is 0 Å². The highest BCUT2D eigenvalue weighted by Gasteiger charge is 2.50. The van der Waals surface area contributed by atoms with E-state index in [4.69, 9.17) is 14.2 Å². The summed E-state index contributed by atoms with van der Waals surface area (Å²) in [7, 11) is 1.48. The molecule has 0 spiro atoms. The molecule has 3 heterocycles. The molecule has 0 unspecified atom stereocenters. The maximum Gasteiger partial charge on any atom is 0.186 e. The fourth-order valence-electron chi connectivity index (χ4n) is 1.62. The van der Waals surface area contributed by atoms with Crippen molar-refractivity contribution in [1.82, 2.24) is 0 Å².